The van der Waals surface area contributed by atoms with E-state index in [0.29, 0.717) is 28.4 Å². The van der Waals surface area contributed by atoms with Gasteiger partial charge in [0, 0.05) is 16.9 Å². The number of methoxy groups -OCH3 is 1. The van der Waals surface area contributed by atoms with Crippen LogP contribution in [0.4, 0.5) is 17.1 Å². The van der Waals surface area contributed by atoms with Gasteiger partial charge in [-0.2, -0.15) is 0 Å². The van der Waals surface area contributed by atoms with Crippen LogP contribution in [0.1, 0.15) is 27.0 Å². The smallest absolute Gasteiger partial charge is 0.262 e. The van der Waals surface area contributed by atoms with E-state index >= 15 is 0 Å². The molecule has 0 unspecified atom stereocenters. The largest absolute Gasteiger partial charge is 0.497 e. The summed E-state index contributed by atoms with van der Waals surface area (Å²) in [7, 11) is -6.32. The van der Waals surface area contributed by atoms with E-state index in [9.17, 15) is 21.6 Å². The predicted molar refractivity (Wildman–Crippen MR) is 156 cm³/mol. The Bertz CT molecular complexity index is 1770. The molecule has 208 valence electrons. The molecule has 0 aromatic heterocycles. The number of carbonyl (C=O) groups is 1. The van der Waals surface area contributed by atoms with E-state index in [1.165, 1.54) is 43.5 Å². The maximum absolute atomic E-state index is 13.2. The quantitative estimate of drug-likeness (QED) is 0.241. The standard InChI is InChI=1S/C29H29N3O6S2/c1-19-5-16-27(21(3)17-19)32-40(36,37)28-18-22(7-6-20(28)2)29(33)30-23-10-14-26(15-11-23)39(34,35)31-24-8-12-25(38-4)13-9-24/h5-18,31-32H,1-4H3,(H,30,33). The van der Waals surface area contributed by atoms with E-state index in [4.69, 9.17) is 4.74 Å². The van der Waals surface area contributed by atoms with Crippen LogP contribution in [0.25, 0.3) is 0 Å². The molecule has 0 aliphatic rings. The summed E-state index contributed by atoms with van der Waals surface area (Å²) >= 11 is 0. The molecule has 9 nitrogen and oxygen atoms in total. The van der Waals surface area contributed by atoms with Gasteiger partial charge in [-0.1, -0.05) is 23.8 Å². The van der Waals surface area contributed by atoms with Gasteiger partial charge in [0.1, 0.15) is 5.75 Å². The van der Waals surface area contributed by atoms with Crippen molar-refractivity contribution in [3.05, 3.63) is 107 Å². The van der Waals surface area contributed by atoms with E-state index in [1.54, 1.807) is 43.3 Å². The van der Waals surface area contributed by atoms with Crippen molar-refractivity contribution in [1.82, 2.24) is 0 Å². The van der Waals surface area contributed by atoms with E-state index < -0.39 is 26.0 Å². The molecule has 4 aromatic carbocycles. The van der Waals surface area contributed by atoms with Crippen molar-refractivity contribution in [2.45, 2.75) is 30.6 Å². The van der Waals surface area contributed by atoms with Crippen LogP contribution in [0.5, 0.6) is 5.75 Å². The molecule has 11 heteroatoms. The van der Waals surface area contributed by atoms with E-state index in [2.05, 4.69) is 14.8 Å². The minimum absolute atomic E-state index is 0.00232. The van der Waals surface area contributed by atoms with Gasteiger partial charge in [0.05, 0.1) is 22.6 Å². The Kier molecular flexibility index (Phi) is 8.17. The summed E-state index contributed by atoms with van der Waals surface area (Å²) in [5, 5.41) is 2.68. The molecule has 1 amide bonds. The fourth-order valence-corrected chi connectivity index (χ4v) is 6.41. The summed E-state index contributed by atoms with van der Waals surface area (Å²) in [5.41, 5.74) is 3.56. The normalized spacial score (nSPS) is 11.5. The summed E-state index contributed by atoms with van der Waals surface area (Å²) < 4.78 is 62.0. The van der Waals surface area contributed by atoms with Crippen LogP contribution in [0, 0.1) is 20.8 Å². The molecule has 0 atom stereocenters. The Balaban J connectivity index is 1.49. The lowest BCUT2D eigenvalue weighted by Gasteiger charge is -2.14. The third-order valence-corrected chi connectivity index (χ3v) is 9.04. The van der Waals surface area contributed by atoms with Crippen molar-refractivity contribution in [3.63, 3.8) is 0 Å². The topological polar surface area (TPSA) is 131 Å². The first-order valence-electron chi connectivity index (χ1n) is 12.2. The average Bonchev–Trinajstić information content (AvgIpc) is 2.91. The highest BCUT2D eigenvalue weighted by Crippen LogP contribution is 2.25. The monoisotopic (exact) mass is 579 g/mol. The first-order chi connectivity index (χ1) is 18.9. The molecule has 0 saturated heterocycles. The molecule has 0 saturated carbocycles. The van der Waals surface area contributed by atoms with E-state index in [0.717, 1.165) is 11.1 Å². The lowest BCUT2D eigenvalue weighted by molar-refractivity contribution is 0.102. The van der Waals surface area contributed by atoms with Gasteiger partial charge in [0.15, 0.2) is 0 Å². The second-order valence-electron chi connectivity index (χ2n) is 9.22. The predicted octanol–water partition coefficient (Wildman–Crippen LogP) is 5.47. The highest BCUT2D eigenvalue weighted by Gasteiger charge is 2.21. The fourth-order valence-electron chi connectivity index (χ4n) is 3.95. The van der Waals surface area contributed by atoms with Gasteiger partial charge in [-0.05, 0) is 98.6 Å². The van der Waals surface area contributed by atoms with Gasteiger partial charge in [-0.3, -0.25) is 14.2 Å². The molecule has 0 heterocycles. The van der Waals surface area contributed by atoms with Crippen molar-refractivity contribution in [2.24, 2.45) is 0 Å². The minimum Gasteiger partial charge on any atom is -0.497 e. The summed E-state index contributed by atoms with van der Waals surface area (Å²) in [5.74, 6) is 0.0499. The first kappa shape index (κ1) is 28.7. The minimum atomic E-state index is -3.97. The van der Waals surface area contributed by atoms with Crippen LogP contribution in [0.3, 0.4) is 0 Å². The van der Waals surface area contributed by atoms with Crippen LogP contribution in [-0.4, -0.2) is 29.9 Å². The number of rotatable bonds is 9. The summed E-state index contributed by atoms with van der Waals surface area (Å²) in [4.78, 5) is 12.9. The summed E-state index contributed by atoms with van der Waals surface area (Å²) in [6.45, 7) is 5.38. The molecule has 0 radical (unpaired) electrons. The molecule has 0 bridgehead atoms. The molecular weight excluding hydrogens is 550 g/mol. The van der Waals surface area contributed by atoms with Crippen molar-refractivity contribution >= 4 is 43.0 Å². The zero-order valence-corrected chi connectivity index (χ0v) is 24.0. The maximum atomic E-state index is 13.2. The summed E-state index contributed by atoms with van der Waals surface area (Å²) in [6.07, 6.45) is 0. The van der Waals surface area contributed by atoms with Crippen molar-refractivity contribution in [1.29, 1.82) is 0 Å². The molecule has 4 aromatic rings. The molecule has 4 rings (SSSR count). The second-order valence-corrected chi connectivity index (χ2v) is 12.5. The van der Waals surface area contributed by atoms with Gasteiger partial charge in [0.2, 0.25) is 0 Å². The number of anilines is 3. The fraction of sp³-hybridized carbons (Fsp3) is 0.138. The average molecular weight is 580 g/mol. The number of nitrogens with one attached hydrogen (secondary N) is 3. The van der Waals surface area contributed by atoms with Crippen molar-refractivity contribution in [2.75, 3.05) is 21.9 Å². The number of benzene rings is 4. The van der Waals surface area contributed by atoms with E-state index in [-0.39, 0.29) is 15.4 Å². The van der Waals surface area contributed by atoms with Crippen LogP contribution in [0.15, 0.2) is 94.7 Å². The van der Waals surface area contributed by atoms with Gasteiger partial charge in [-0.15, -0.1) is 0 Å². The maximum Gasteiger partial charge on any atom is 0.262 e. The Morgan fingerprint density at radius 3 is 1.95 bits per heavy atom. The Hall–Kier alpha value is -4.35. The van der Waals surface area contributed by atoms with Crippen molar-refractivity contribution in [3.8, 4) is 5.75 Å². The highest BCUT2D eigenvalue weighted by atomic mass is 32.2. The second kappa shape index (κ2) is 11.4. The first-order valence-corrected chi connectivity index (χ1v) is 15.1. The SMILES string of the molecule is COc1ccc(NS(=O)(=O)c2ccc(NC(=O)c3ccc(C)c(S(=O)(=O)Nc4ccc(C)cc4C)c3)cc2)cc1. The molecule has 0 fully saturated rings. The van der Waals surface area contributed by atoms with Crippen LogP contribution >= 0.6 is 0 Å². The van der Waals surface area contributed by atoms with Crippen LogP contribution in [0.2, 0.25) is 0 Å². The molecule has 0 aliphatic heterocycles. The lowest BCUT2D eigenvalue weighted by Crippen LogP contribution is -2.17. The number of sulfonamides is 2. The zero-order valence-electron chi connectivity index (χ0n) is 22.3. The van der Waals surface area contributed by atoms with Crippen molar-refractivity contribution < 1.29 is 26.4 Å². The number of carbonyl (C=O) groups excluding carboxylic acids is 1. The van der Waals surface area contributed by atoms with E-state index in [1.807, 2.05) is 26.0 Å². The van der Waals surface area contributed by atoms with Crippen LogP contribution < -0.4 is 19.5 Å². The van der Waals surface area contributed by atoms with Crippen LogP contribution in [-0.2, 0) is 20.0 Å². The zero-order chi connectivity index (χ0) is 29.1. The van der Waals surface area contributed by atoms with Gasteiger partial charge in [0.25, 0.3) is 26.0 Å². The van der Waals surface area contributed by atoms with Gasteiger partial charge < -0.3 is 10.1 Å². The molecule has 40 heavy (non-hydrogen) atoms. The molecule has 3 N–H and O–H groups in total. The Morgan fingerprint density at radius 1 is 0.675 bits per heavy atom. The number of hydrogen-bond donors (Lipinski definition) is 3. The van der Waals surface area contributed by atoms with Gasteiger partial charge in [-0.25, -0.2) is 16.8 Å². The molecule has 0 aliphatic carbocycles. The highest BCUT2D eigenvalue weighted by molar-refractivity contribution is 7.93. The Morgan fingerprint density at radius 2 is 1.32 bits per heavy atom. The lowest BCUT2D eigenvalue weighted by atomic mass is 10.1. The molecule has 0 spiro atoms. The number of ether oxygens (including phenoxy) is 1. The third kappa shape index (κ3) is 6.61. The molecular formula is C29H29N3O6S2. The van der Waals surface area contributed by atoms with Gasteiger partial charge >= 0.3 is 0 Å². The Labute approximate surface area is 234 Å². The number of amides is 1. The number of aryl methyl sites for hydroxylation is 3. The third-order valence-electron chi connectivity index (χ3n) is 6.13. The summed E-state index contributed by atoms with van der Waals surface area (Å²) in [6, 6.07) is 21.9. The number of hydrogen-bond acceptors (Lipinski definition) is 6.